The molecule has 6 heterocycles. The van der Waals surface area contributed by atoms with Gasteiger partial charge in [-0.05, 0) is 101 Å². The van der Waals surface area contributed by atoms with Crippen LogP contribution in [0.25, 0.3) is 32.9 Å². The third kappa shape index (κ3) is 9.92. The number of phenols is 1. The molecule has 2 fully saturated rings. The van der Waals surface area contributed by atoms with Gasteiger partial charge in [0.25, 0.3) is 0 Å². The molecule has 0 spiro atoms. The van der Waals surface area contributed by atoms with E-state index < -0.39 is 17.5 Å². The minimum atomic E-state index is -0.749. The fourth-order valence-electron chi connectivity index (χ4n) is 9.51. The number of terminal acetylenes is 1. The number of halogens is 2. The van der Waals surface area contributed by atoms with E-state index in [4.69, 9.17) is 34.9 Å². The van der Waals surface area contributed by atoms with E-state index in [1.54, 1.807) is 0 Å². The molecule has 1 unspecified atom stereocenters. The van der Waals surface area contributed by atoms with Crippen LogP contribution in [0, 0.1) is 24.0 Å². The molecule has 2 aromatic carbocycles. The van der Waals surface area contributed by atoms with Crippen LogP contribution in [0.15, 0.2) is 37.9 Å². The lowest BCUT2D eigenvalue weighted by Crippen LogP contribution is -2.43. The molecule has 8 rings (SSSR count). The summed E-state index contributed by atoms with van der Waals surface area (Å²) >= 11 is 0. The minimum Gasteiger partial charge on any atom is -0.508 e. The number of aromatic nitrogens is 3. The molecule has 3 aromatic heterocycles. The summed E-state index contributed by atoms with van der Waals surface area (Å²) in [5.74, 6) is 1.82. The van der Waals surface area contributed by atoms with E-state index in [0.717, 1.165) is 83.8 Å². The minimum absolute atomic E-state index is 0.0220. The molecular weight excluding hydrogens is 791 g/mol. The molecular formula is C49H64F2N6O5. The second-order valence-electron chi connectivity index (χ2n) is 16.2. The maximum absolute atomic E-state index is 17.3. The molecule has 0 bridgehead atoms. The predicted octanol–water partition coefficient (Wildman–Crippen LogP) is 10.6. The van der Waals surface area contributed by atoms with Crippen molar-refractivity contribution < 1.29 is 27.5 Å². The number of aryl methyl sites for hydroxylation is 2. The molecule has 13 heteroatoms. The van der Waals surface area contributed by atoms with E-state index in [1.165, 1.54) is 24.3 Å². The number of hydrogen-bond donors (Lipinski definition) is 2. The standard InChI is InChI=1S/C45H52F2N6O5.2C2H6/c1-4-7-8-9-15-35-36(58-44(55)57-35)26-52(20-5-2)25-29-13-10-14-34-38-41(50-43(51-42(38)48-29)56-27-45-18-11-21-53(45)22-12-19-45)39(47)40(49-34)32-24-30(54)23-28-16-17-33(46)31(6-3)37(28)32;2*1-2/h3,16-17,23-24,29,54H,4-5,7-15,18-22,25-27H2,1-2H3,(H,48,50,51);2*1-2H3. The number of pyridine rings is 1. The van der Waals surface area contributed by atoms with Crippen LogP contribution < -0.4 is 15.9 Å². The Labute approximate surface area is 364 Å². The van der Waals surface area contributed by atoms with Gasteiger partial charge in [-0.2, -0.15) is 9.97 Å². The van der Waals surface area contributed by atoms with Gasteiger partial charge in [0.15, 0.2) is 17.3 Å². The highest BCUT2D eigenvalue weighted by Crippen LogP contribution is 2.42. The number of hydrogen-bond acceptors (Lipinski definition) is 11. The summed E-state index contributed by atoms with van der Waals surface area (Å²) < 4.78 is 50.0. The summed E-state index contributed by atoms with van der Waals surface area (Å²) in [4.78, 5) is 31.6. The Hall–Kier alpha value is -5.06. The van der Waals surface area contributed by atoms with Crippen LogP contribution in [-0.4, -0.2) is 74.2 Å². The van der Waals surface area contributed by atoms with Crippen LogP contribution in [0.1, 0.15) is 135 Å². The quantitative estimate of drug-likeness (QED) is 0.0771. The van der Waals surface area contributed by atoms with Gasteiger partial charge in [-0.25, -0.2) is 18.6 Å². The third-order valence-corrected chi connectivity index (χ3v) is 12.2. The highest BCUT2D eigenvalue weighted by Gasteiger charge is 2.45. The molecule has 11 nitrogen and oxygen atoms in total. The monoisotopic (exact) mass is 854 g/mol. The summed E-state index contributed by atoms with van der Waals surface area (Å²) in [5, 5.41) is 15.6. The highest BCUT2D eigenvalue weighted by molar-refractivity contribution is 6.03. The second kappa shape index (κ2) is 21.3. The average Bonchev–Trinajstić information content (AvgIpc) is 3.97. The topological polar surface area (TPSA) is 130 Å². The van der Waals surface area contributed by atoms with E-state index in [1.807, 2.05) is 27.7 Å². The van der Waals surface area contributed by atoms with Gasteiger partial charge in [-0.1, -0.05) is 72.8 Å². The molecule has 5 aromatic rings. The van der Waals surface area contributed by atoms with Crippen molar-refractivity contribution in [3.8, 4) is 35.4 Å². The molecule has 334 valence electrons. The van der Waals surface area contributed by atoms with Crippen LogP contribution in [0.2, 0.25) is 0 Å². The van der Waals surface area contributed by atoms with Crippen molar-refractivity contribution in [1.29, 1.82) is 0 Å². The van der Waals surface area contributed by atoms with E-state index >= 15 is 8.78 Å². The van der Waals surface area contributed by atoms with Crippen molar-refractivity contribution in [3.63, 3.8) is 0 Å². The molecule has 2 saturated heterocycles. The fraction of sp³-hybridized carbons (Fsp3) is 0.551. The van der Waals surface area contributed by atoms with Crippen molar-refractivity contribution in [2.45, 2.75) is 143 Å². The molecule has 0 saturated carbocycles. The summed E-state index contributed by atoms with van der Waals surface area (Å²) in [6, 6.07) is 5.53. The van der Waals surface area contributed by atoms with Crippen molar-refractivity contribution in [2.75, 3.05) is 38.1 Å². The van der Waals surface area contributed by atoms with E-state index in [-0.39, 0.29) is 51.1 Å². The number of benzene rings is 2. The zero-order chi connectivity index (χ0) is 44.4. The first-order valence-electron chi connectivity index (χ1n) is 23.0. The van der Waals surface area contributed by atoms with Gasteiger partial charge < -0.3 is 24.0 Å². The Morgan fingerprint density at radius 2 is 1.74 bits per heavy atom. The largest absolute Gasteiger partial charge is 0.519 e. The Bertz CT molecular complexity index is 2400. The van der Waals surface area contributed by atoms with Gasteiger partial charge in [0.1, 0.15) is 35.2 Å². The molecule has 62 heavy (non-hydrogen) atoms. The Kier molecular flexibility index (Phi) is 16.0. The predicted molar refractivity (Wildman–Crippen MR) is 242 cm³/mol. The van der Waals surface area contributed by atoms with E-state index in [0.29, 0.717) is 72.8 Å². The van der Waals surface area contributed by atoms with Crippen molar-refractivity contribution >= 4 is 27.5 Å². The summed E-state index contributed by atoms with van der Waals surface area (Å²) in [6.07, 6.45) is 17.7. The lowest BCUT2D eigenvalue weighted by Gasteiger charge is -2.32. The van der Waals surface area contributed by atoms with Gasteiger partial charge in [0.2, 0.25) is 0 Å². The summed E-state index contributed by atoms with van der Waals surface area (Å²) in [7, 11) is 0. The number of ether oxygens (including phenoxy) is 1. The van der Waals surface area contributed by atoms with Crippen molar-refractivity contribution in [3.05, 3.63) is 69.3 Å². The van der Waals surface area contributed by atoms with E-state index in [9.17, 15) is 9.90 Å². The molecule has 0 aliphatic carbocycles. The Balaban J connectivity index is 0.00000156. The number of fused-ring (bicyclic) bond motifs is 2. The highest BCUT2D eigenvalue weighted by atomic mass is 19.1. The molecule has 0 amide bonds. The first-order valence-corrected chi connectivity index (χ1v) is 23.0. The first kappa shape index (κ1) is 46.4. The number of nitrogens with zero attached hydrogens (tertiary/aromatic N) is 5. The van der Waals surface area contributed by atoms with Gasteiger partial charge in [0.05, 0.1) is 28.7 Å². The number of unbranched alkanes of at least 4 members (excludes halogenated alkanes) is 3. The third-order valence-electron chi connectivity index (χ3n) is 12.2. The van der Waals surface area contributed by atoms with Crippen LogP contribution in [0.4, 0.5) is 14.6 Å². The van der Waals surface area contributed by atoms with Crippen molar-refractivity contribution in [1.82, 2.24) is 24.8 Å². The first-order chi connectivity index (χ1) is 30.2. The number of rotatable bonds is 15. The summed E-state index contributed by atoms with van der Waals surface area (Å²) in [5.41, 5.74) is 0.542. The van der Waals surface area contributed by atoms with Crippen LogP contribution in [0.5, 0.6) is 11.8 Å². The fourth-order valence-corrected chi connectivity index (χ4v) is 9.51. The Morgan fingerprint density at radius 3 is 2.47 bits per heavy atom. The normalized spacial score (nSPS) is 16.7. The number of aromatic hydroxyl groups is 1. The van der Waals surface area contributed by atoms with Gasteiger partial charge in [-0.3, -0.25) is 9.80 Å². The number of nitrogens with one attached hydrogen (secondary N) is 1. The van der Waals surface area contributed by atoms with Crippen LogP contribution in [0.3, 0.4) is 0 Å². The Morgan fingerprint density at radius 1 is 0.984 bits per heavy atom. The van der Waals surface area contributed by atoms with Crippen molar-refractivity contribution in [2.24, 2.45) is 0 Å². The maximum Gasteiger partial charge on any atom is 0.519 e. The summed E-state index contributed by atoms with van der Waals surface area (Å²) in [6.45, 7) is 16.5. The molecule has 3 aliphatic heterocycles. The molecule has 3 aliphatic rings. The number of anilines is 1. The van der Waals surface area contributed by atoms with E-state index in [2.05, 4.69) is 34.9 Å². The smallest absolute Gasteiger partial charge is 0.508 e. The van der Waals surface area contributed by atoms with Gasteiger partial charge in [-0.15, -0.1) is 6.42 Å². The van der Waals surface area contributed by atoms with Crippen LogP contribution in [-0.2, 0) is 19.4 Å². The lowest BCUT2D eigenvalue weighted by atomic mass is 9.94. The van der Waals surface area contributed by atoms with Crippen LogP contribution >= 0.6 is 0 Å². The second-order valence-corrected chi connectivity index (χ2v) is 16.2. The number of phenolic OH excluding ortho intramolecular Hbond substituents is 1. The zero-order valence-electron chi connectivity index (χ0n) is 37.5. The zero-order valence-corrected chi connectivity index (χ0v) is 37.5. The lowest BCUT2D eigenvalue weighted by molar-refractivity contribution is 0.108. The maximum atomic E-state index is 17.3. The van der Waals surface area contributed by atoms with Gasteiger partial charge in [0, 0.05) is 30.0 Å². The SMILES string of the molecule is C#Cc1c(F)ccc2cc(O)cc(-c3nc4c5c(nc(OCC67CCCN6CCC7)nc5c3F)NC(CN(CCC)Cc3oc(=O)oc3CCCCCC)CCC4)c12.CC.CC. The average molecular weight is 855 g/mol. The molecule has 1 atom stereocenters. The molecule has 2 N–H and O–H groups in total. The van der Waals surface area contributed by atoms with Gasteiger partial charge >= 0.3 is 11.8 Å². The molecule has 0 radical (unpaired) electrons.